The summed E-state index contributed by atoms with van der Waals surface area (Å²) in [5.41, 5.74) is 0. The molecule has 0 spiro atoms. The number of imidazole rings is 1. The molecule has 1 aliphatic rings. The van der Waals surface area contributed by atoms with E-state index in [0.29, 0.717) is 0 Å². The molecule has 2 rings (SSSR count). The van der Waals surface area contributed by atoms with Crippen molar-refractivity contribution < 1.29 is 0 Å². The fourth-order valence-corrected chi connectivity index (χ4v) is 2.52. The van der Waals surface area contributed by atoms with Gasteiger partial charge in [-0.1, -0.05) is 26.2 Å². The number of hydrogen-bond acceptors (Lipinski definition) is 2. The molecule has 1 heterocycles. The van der Waals surface area contributed by atoms with Crippen LogP contribution in [0.15, 0.2) is 12.4 Å². The first-order valence-corrected chi connectivity index (χ1v) is 6.65. The molecule has 0 atom stereocenters. The Morgan fingerprint density at radius 3 is 2.94 bits per heavy atom. The fourth-order valence-electron chi connectivity index (χ4n) is 2.52. The largest absolute Gasteiger partial charge is 0.355 e. The first-order valence-electron chi connectivity index (χ1n) is 6.65. The number of aromatic nitrogens is 2. The highest BCUT2D eigenvalue weighted by Gasteiger charge is 2.13. The van der Waals surface area contributed by atoms with Crippen molar-refractivity contribution in [3.8, 4) is 0 Å². The van der Waals surface area contributed by atoms with Gasteiger partial charge in [-0.3, -0.25) is 0 Å². The average molecular weight is 221 g/mol. The zero-order valence-corrected chi connectivity index (χ0v) is 10.3. The molecule has 0 bridgehead atoms. The van der Waals surface area contributed by atoms with E-state index in [0.717, 1.165) is 31.4 Å². The third kappa shape index (κ3) is 3.00. The van der Waals surface area contributed by atoms with Crippen molar-refractivity contribution in [3.05, 3.63) is 12.4 Å². The van der Waals surface area contributed by atoms with Crippen LogP contribution in [0.5, 0.6) is 0 Å². The fraction of sp³-hybridized carbons (Fsp3) is 0.769. The Hall–Kier alpha value is -0.990. The number of aryl methyl sites for hydroxylation is 1. The Labute approximate surface area is 98.3 Å². The lowest BCUT2D eigenvalue weighted by atomic mass is 9.89. The molecule has 0 saturated heterocycles. The second-order valence-corrected chi connectivity index (χ2v) is 4.83. The van der Waals surface area contributed by atoms with Gasteiger partial charge in [-0.2, -0.15) is 0 Å². The van der Waals surface area contributed by atoms with Gasteiger partial charge in [0.25, 0.3) is 0 Å². The van der Waals surface area contributed by atoms with Crippen LogP contribution in [-0.4, -0.2) is 16.1 Å². The van der Waals surface area contributed by atoms with Gasteiger partial charge in [-0.25, -0.2) is 4.98 Å². The van der Waals surface area contributed by atoms with Crippen LogP contribution in [-0.2, 0) is 6.54 Å². The molecule has 1 fully saturated rings. The zero-order valence-electron chi connectivity index (χ0n) is 10.3. The summed E-state index contributed by atoms with van der Waals surface area (Å²) in [7, 11) is 0. The summed E-state index contributed by atoms with van der Waals surface area (Å²) in [5, 5.41) is 3.50. The summed E-state index contributed by atoms with van der Waals surface area (Å²) in [6.07, 6.45) is 12.1. The second-order valence-electron chi connectivity index (χ2n) is 4.83. The van der Waals surface area contributed by atoms with Gasteiger partial charge in [0.1, 0.15) is 0 Å². The van der Waals surface area contributed by atoms with E-state index in [9.17, 15) is 0 Å². The average Bonchev–Trinajstić information content (AvgIpc) is 2.76. The molecule has 1 aromatic heterocycles. The van der Waals surface area contributed by atoms with E-state index >= 15 is 0 Å². The SMILES string of the molecule is CCCn1ccnc1NCC1CCCCC1. The predicted octanol–water partition coefficient (Wildman–Crippen LogP) is 3.29. The molecule has 16 heavy (non-hydrogen) atoms. The van der Waals surface area contributed by atoms with Crippen LogP contribution in [0.1, 0.15) is 45.4 Å². The molecule has 0 aliphatic heterocycles. The Bertz CT molecular complexity index is 300. The minimum absolute atomic E-state index is 0.862. The Balaban J connectivity index is 1.81. The number of nitrogens with one attached hydrogen (secondary N) is 1. The Morgan fingerprint density at radius 2 is 2.19 bits per heavy atom. The van der Waals surface area contributed by atoms with E-state index in [2.05, 4.69) is 28.0 Å². The minimum atomic E-state index is 0.862. The molecule has 0 aromatic carbocycles. The van der Waals surface area contributed by atoms with Gasteiger partial charge in [-0.05, 0) is 25.2 Å². The van der Waals surface area contributed by atoms with Gasteiger partial charge in [0, 0.05) is 25.5 Å². The molecule has 0 unspecified atom stereocenters. The number of rotatable bonds is 5. The van der Waals surface area contributed by atoms with E-state index in [1.807, 2.05) is 6.20 Å². The summed E-state index contributed by atoms with van der Waals surface area (Å²) in [6, 6.07) is 0. The van der Waals surface area contributed by atoms with Gasteiger partial charge >= 0.3 is 0 Å². The van der Waals surface area contributed by atoms with Gasteiger partial charge in [-0.15, -0.1) is 0 Å². The molecule has 1 saturated carbocycles. The molecule has 1 N–H and O–H groups in total. The summed E-state index contributed by atoms with van der Waals surface area (Å²) in [4.78, 5) is 4.37. The Kier molecular flexibility index (Phi) is 4.25. The number of anilines is 1. The summed E-state index contributed by atoms with van der Waals surface area (Å²) in [5.74, 6) is 1.91. The topological polar surface area (TPSA) is 29.9 Å². The van der Waals surface area contributed by atoms with Crippen LogP contribution >= 0.6 is 0 Å². The smallest absolute Gasteiger partial charge is 0.202 e. The summed E-state index contributed by atoms with van der Waals surface area (Å²) in [6.45, 7) is 4.36. The summed E-state index contributed by atoms with van der Waals surface area (Å²) >= 11 is 0. The molecule has 1 aliphatic carbocycles. The molecule has 3 heteroatoms. The molecule has 3 nitrogen and oxygen atoms in total. The number of nitrogens with zero attached hydrogens (tertiary/aromatic N) is 2. The first-order chi connectivity index (χ1) is 7.90. The van der Waals surface area contributed by atoms with Crippen LogP contribution in [0.2, 0.25) is 0 Å². The molecular weight excluding hydrogens is 198 g/mol. The molecule has 90 valence electrons. The van der Waals surface area contributed by atoms with Crippen LogP contribution in [0.4, 0.5) is 5.95 Å². The molecule has 1 aromatic rings. The predicted molar refractivity (Wildman–Crippen MR) is 67.6 cm³/mol. The van der Waals surface area contributed by atoms with Crippen LogP contribution in [0.3, 0.4) is 0 Å². The monoisotopic (exact) mass is 221 g/mol. The molecular formula is C13H23N3. The summed E-state index contributed by atoms with van der Waals surface area (Å²) < 4.78 is 2.21. The van der Waals surface area contributed by atoms with Crippen molar-refractivity contribution in [1.82, 2.24) is 9.55 Å². The zero-order chi connectivity index (χ0) is 11.2. The van der Waals surface area contributed by atoms with Crippen molar-refractivity contribution in [1.29, 1.82) is 0 Å². The highest BCUT2D eigenvalue weighted by Crippen LogP contribution is 2.23. The van der Waals surface area contributed by atoms with Crippen molar-refractivity contribution in [3.63, 3.8) is 0 Å². The van der Waals surface area contributed by atoms with Crippen molar-refractivity contribution in [2.24, 2.45) is 5.92 Å². The van der Waals surface area contributed by atoms with Crippen LogP contribution in [0, 0.1) is 5.92 Å². The van der Waals surface area contributed by atoms with Gasteiger partial charge in [0.15, 0.2) is 0 Å². The van der Waals surface area contributed by atoms with E-state index in [-0.39, 0.29) is 0 Å². The van der Waals surface area contributed by atoms with Crippen LogP contribution < -0.4 is 5.32 Å². The normalized spacial score (nSPS) is 17.6. The van der Waals surface area contributed by atoms with Crippen LogP contribution in [0.25, 0.3) is 0 Å². The van der Waals surface area contributed by atoms with E-state index in [4.69, 9.17) is 0 Å². The number of hydrogen-bond donors (Lipinski definition) is 1. The molecule has 0 amide bonds. The maximum Gasteiger partial charge on any atom is 0.202 e. The maximum absolute atomic E-state index is 4.37. The van der Waals surface area contributed by atoms with Gasteiger partial charge < -0.3 is 9.88 Å². The maximum atomic E-state index is 4.37. The quantitative estimate of drug-likeness (QED) is 0.827. The Morgan fingerprint density at radius 1 is 1.38 bits per heavy atom. The highest BCUT2D eigenvalue weighted by atomic mass is 15.2. The third-order valence-electron chi connectivity index (χ3n) is 3.45. The van der Waals surface area contributed by atoms with Gasteiger partial charge in [0.05, 0.1) is 0 Å². The third-order valence-corrected chi connectivity index (χ3v) is 3.45. The first kappa shape index (κ1) is 11.5. The minimum Gasteiger partial charge on any atom is -0.355 e. The second kappa shape index (κ2) is 5.92. The van der Waals surface area contributed by atoms with Crippen molar-refractivity contribution in [2.45, 2.75) is 52.0 Å². The van der Waals surface area contributed by atoms with E-state index < -0.39 is 0 Å². The standard InChI is InChI=1S/C13H23N3/c1-2-9-16-10-8-14-13(16)15-11-12-6-4-3-5-7-12/h8,10,12H,2-7,9,11H2,1H3,(H,14,15). The lowest BCUT2D eigenvalue weighted by Crippen LogP contribution is -2.19. The highest BCUT2D eigenvalue weighted by molar-refractivity contribution is 5.25. The molecule has 0 radical (unpaired) electrons. The van der Waals surface area contributed by atoms with E-state index in [1.54, 1.807) is 0 Å². The van der Waals surface area contributed by atoms with Crippen molar-refractivity contribution >= 4 is 5.95 Å². The van der Waals surface area contributed by atoms with Gasteiger partial charge in [0.2, 0.25) is 5.95 Å². The lowest BCUT2D eigenvalue weighted by molar-refractivity contribution is 0.372. The van der Waals surface area contributed by atoms with Crippen molar-refractivity contribution in [2.75, 3.05) is 11.9 Å². The van der Waals surface area contributed by atoms with E-state index in [1.165, 1.54) is 32.1 Å². The lowest BCUT2D eigenvalue weighted by Gasteiger charge is -2.22.